The highest BCUT2D eigenvalue weighted by Gasteiger charge is 2.29. The largest absolute Gasteiger partial charge is 0.506 e. The van der Waals surface area contributed by atoms with Gasteiger partial charge < -0.3 is 5.11 Å². The van der Waals surface area contributed by atoms with E-state index in [2.05, 4.69) is 0 Å². The number of aliphatic hydroxyl groups is 1. The lowest BCUT2D eigenvalue weighted by Gasteiger charge is -2.10. The molecule has 0 fully saturated rings. The van der Waals surface area contributed by atoms with Crippen molar-refractivity contribution < 1.29 is 14.5 Å². The maximum Gasteiger partial charge on any atom is 0.291 e. The molecule has 3 heteroatoms. The zero-order chi connectivity index (χ0) is 10.1. The summed E-state index contributed by atoms with van der Waals surface area (Å²) in [5.41, 5.74) is 1.47. The molecular weight excluding hydrogens is 178 g/mol. The number of allylic oxidation sites excluding steroid dienone is 2. The molecule has 1 N–H and O–H groups in total. The third kappa shape index (κ3) is 1.31. The van der Waals surface area contributed by atoms with Crippen molar-refractivity contribution in [2.75, 3.05) is 0 Å². The third-order valence-electron chi connectivity index (χ3n) is 2.41. The Bertz CT molecular complexity index is 421. The highest BCUT2D eigenvalue weighted by atomic mass is 16.3. The molecule has 14 heavy (non-hydrogen) atoms. The average molecular weight is 190 g/mol. The molecule has 0 aromatic carbocycles. The molecule has 0 unspecified atom stereocenters. The van der Waals surface area contributed by atoms with Gasteiger partial charge in [-0.1, -0.05) is 6.07 Å². The summed E-state index contributed by atoms with van der Waals surface area (Å²) in [6.07, 6.45) is 3.14. The average Bonchev–Trinajstić information content (AvgIpc) is 2.17. The summed E-state index contributed by atoms with van der Waals surface area (Å²) in [5, 5.41) is 9.62. The molecule has 1 aliphatic heterocycles. The first-order valence-electron chi connectivity index (χ1n) is 4.63. The normalized spacial score (nSPS) is 15.2. The second kappa shape index (κ2) is 3.25. The molecule has 0 amide bonds. The van der Waals surface area contributed by atoms with Gasteiger partial charge in [0.15, 0.2) is 17.6 Å². The smallest absolute Gasteiger partial charge is 0.291 e. The van der Waals surface area contributed by atoms with Crippen LogP contribution in [0.1, 0.15) is 19.0 Å². The summed E-state index contributed by atoms with van der Waals surface area (Å²) in [6.45, 7) is 1.47. The van der Waals surface area contributed by atoms with Crippen molar-refractivity contribution in [3.8, 4) is 0 Å². The lowest BCUT2D eigenvalue weighted by molar-refractivity contribution is -0.590. The highest BCUT2D eigenvalue weighted by Crippen LogP contribution is 2.16. The minimum absolute atomic E-state index is 0.0975. The number of carbonyl (C=O) groups is 1. The van der Waals surface area contributed by atoms with E-state index in [1.54, 1.807) is 10.8 Å². The molecule has 2 heterocycles. The Balaban J connectivity index is 2.62. The molecule has 0 aliphatic carbocycles. The minimum Gasteiger partial charge on any atom is -0.506 e. The van der Waals surface area contributed by atoms with Crippen LogP contribution in [0.5, 0.6) is 0 Å². The predicted molar refractivity (Wildman–Crippen MR) is 51.5 cm³/mol. The zero-order valence-electron chi connectivity index (χ0n) is 8.03. The van der Waals surface area contributed by atoms with Gasteiger partial charge in [-0.15, -0.1) is 0 Å². The molecule has 2 rings (SSSR count). The summed E-state index contributed by atoms with van der Waals surface area (Å²) in [6, 6.07) is 5.76. The Morgan fingerprint density at radius 2 is 2.21 bits per heavy atom. The summed E-state index contributed by atoms with van der Waals surface area (Å²) in [4.78, 5) is 11.3. The van der Waals surface area contributed by atoms with Crippen LogP contribution in [0, 0.1) is 0 Å². The first kappa shape index (κ1) is 8.94. The molecule has 0 spiro atoms. The number of ketones is 1. The number of nitrogens with zero attached hydrogens (tertiary/aromatic N) is 1. The Hall–Kier alpha value is -1.64. The summed E-state index contributed by atoms with van der Waals surface area (Å²) < 4.78 is 1.77. The van der Waals surface area contributed by atoms with E-state index in [1.807, 2.05) is 18.2 Å². The molecule has 72 valence electrons. The topological polar surface area (TPSA) is 41.2 Å². The van der Waals surface area contributed by atoms with Crippen molar-refractivity contribution in [2.45, 2.75) is 19.8 Å². The molecule has 1 aromatic heterocycles. The number of Topliss-reactive ketones (excluding diaryl/α,β-unsaturated/α-hetero) is 1. The van der Waals surface area contributed by atoms with Crippen molar-refractivity contribution in [3.63, 3.8) is 0 Å². The van der Waals surface area contributed by atoms with Gasteiger partial charge in [0.25, 0.3) is 5.70 Å². The van der Waals surface area contributed by atoms with E-state index in [9.17, 15) is 9.90 Å². The SMILES string of the molecule is CC(=O)C1=C(O)CCc2cccc[n+]21. The number of aliphatic hydroxyl groups excluding tert-OH is 1. The van der Waals surface area contributed by atoms with Crippen LogP contribution < -0.4 is 4.57 Å². The van der Waals surface area contributed by atoms with Gasteiger partial charge in [-0.05, 0) is 0 Å². The fourth-order valence-corrected chi connectivity index (χ4v) is 1.78. The van der Waals surface area contributed by atoms with Crippen LogP contribution in [0.2, 0.25) is 0 Å². The van der Waals surface area contributed by atoms with Crippen LogP contribution in [0.3, 0.4) is 0 Å². The van der Waals surface area contributed by atoms with Crippen molar-refractivity contribution >= 4 is 11.5 Å². The second-order valence-corrected chi connectivity index (χ2v) is 3.41. The number of fused-ring (bicyclic) bond motifs is 1. The zero-order valence-corrected chi connectivity index (χ0v) is 8.03. The van der Waals surface area contributed by atoms with Gasteiger partial charge in [-0.3, -0.25) is 4.79 Å². The summed E-state index contributed by atoms with van der Waals surface area (Å²) >= 11 is 0. The van der Waals surface area contributed by atoms with E-state index < -0.39 is 0 Å². The monoisotopic (exact) mass is 190 g/mol. The van der Waals surface area contributed by atoms with Crippen molar-refractivity contribution in [3.05, 3.63) is 35.8 Å². The maximum absolute atomic E-state index is 11.3. The number of aryl methyl sites for hydroxylation is 1. The lowest BCUT2D eigenvalue weighted by Crippen LogP contribution is -2.43. The number of carbonyl (C=O) groups excluding carboxylic acids is 1. The van der Waals surface area contributed by atoms with Gasteiger partial charge in [0.2, 0.25) is 5.78 Å². The Kier molecular flexibility index (Phi) is 2.08. The van der Waals surface area contributed by atoms with E-state index in [1.165, 1.54) is 6.92 Å². The molecule has 0 saturated carbocycles. The molecule has 1 aliphatic rings. The van der Waals surface area contributed by atoms with Crippen LogP contribution in [0.15, 0.2) is 30.2 Å². The van der Waals surface area contributed by atoms with Crippen molar-refractivity contribution in [2.24, 2.45) is 0 Å². The molecule has 0 atom stereocenters. The van der Waals surface area contributed by atoms with Gasteiger partial charge >= 0.3 is 0 Å². The number of aromatic nitrogens is 1. The van der Waals surface area contributed by atoms with Crippen molar-refractivity contribution in [1.82, 2.24) is 0 Å². The fourth-order valence-electron chi connectivity index (χ4n) is 1.78. The van der Waals surface area contributed by atoms with Crippen LogP contribution in [0.25, 0.3) is 5.70 Å². The first-order chi connectivity index (χ1) is 6.70. The fraction of sp³-hybridized carbons (Fsp3) is 0.273. The number of rotatable bonds is 1. The van der Waals surface area contributed by atoms with Gasteiger partial charge in [-0.2, -0.15) is 4.57 Å². The number of hydrogen-bond donors (Lipinski definition) is 1. The minimum atomic E-state index is -0.0975. The van der Waals surface area contributed by atoms with Gasteiger partial charge in [0, 0.05) is 31.9 Å². The molecule has 0 saturated heterocycles. The highest BCUT2D eigenvalue weighted by molar-refractivity contribution is 6.10. The quantitative estimate of drug-likeness (QED) is 0.677. The molecule has 0 radical (unpaired) electrons. The molecule has 0 bridgehead atoms. The Morgan fingerprint density at radius 1 is 1.43 bits per heavy atom. The Morgan fingerprint density at radius 3 is 2.93 bits per heavy atom. The standard InChI is InChI=1S/C11H11NO2/c1-8(13)11-10(14)6-5-9-4-2-3-7-12(9)11/h2-4,7H,5-6H2,1H3/p+1. The van der Waals surface area contributed by atoms with Gasteiger partial charge in [0.1, 0.15) is 0 Å². The van der Waals surface area contributed by atoms with E-state index in [4.69, 9.17) is 0 Å². The first-order valence-corrected chi connectivity index (χ1v) is 4.63. The van der Waals surface area contributed by atoms with E-state index >= 15 is 0 Å². The third-order valence-corrected chi connectivity index (χ3v) is 2.41. The van der Waals surface area contributed by atoms with Crippen molar-refractivity contribution in [1.29, 1.82) is 0 Å². The predicted octanol–water partition coefficient (Wildman–Crippen LogP) is 1.24. The Labute approximate surface area is 82.3 Å². The number of hydrogen-bond acceptors (Lipinski definition) is 2. The summed E-state index contributed by atoms with van der Waals surface area (Å²) in [7, 11) is 0. The van der Waals surface area contributed by atoms with Crippen LogP contribution in [0.4, 0.5) is 0 Å². The number of pyridine rings is 1. The van der Waals surface area contributed by atoms with E-state index in [0.29, 0.717) is 12.1 Å². The van der Waals surface area contributed by atoms with Crippen LogP contribution >= 0.6 is 0 Å². The molecular formula is C11H12NO2+. The second-order valence-electron chi connectivity index (χ2n) is 3.41. The van der Waals surface area contributed by atoms with E-state index in [0.717, 1.165) is 12.1 Å². The van der Waals surface area contributed by atoms with Gasteiger partial charge in [0.05, 0.1) is 0 Å². The summed E-state index contributed by atoms with van der Waals surface area (Å²) in [5.74, 6) is 0.0980. The molecule has 3 nitrogen and oxygen atoms in total. The van der Waals surface area contributed by atoms with Crippen LogP contribution in [-0.4, -0.2) is 10.9 Å². The van der Waals surface area contributed by atoms with Crippen LogP contribution in [-0.2, 0) is 11.2 Å². The van der Waals surface area contributed by atoms with E-state index in [-0.39, 0.29) is 11.5 Å². The van der Waals surface area contributed by atoms with Gasteiger partial charge in [-0.25, -0.2) is 0 Å². The maximum atomic E-state index is 11.3. The molecule has 1 aromatic rings. The lowest BCUT2D eigenvalue weighted by atomic mass is 10.1.